The second kappa shape index (κ2) is 13.2. The fraction of sp³-hybridized carbons (Fsp3) is 0.176. The van der Waals surface area contributed by atoms with Crippen LogP contribution in [0, 0.1) is 11.3 Å². The van der Waals surface area contributed by atoms with Gasteiger partial charge in [-0.3, -0.25) is 0 Å². The summed E-state index contributed by atoms with van der Waals surface area (Å²) in [5.41, 5.74) is 9.29. The molecule has 42 heavy (non-hydrogen) atoms. The average molecular weight is 581 g/mol. The summed E-state index contributed by atoms with van der Waals surface area (Å²) >= 11 is 5.98. The van der Waals surface area contributed by atoms with E-state index in [0.717, 1.165) is 24.0 Å². The minimum absolute atomic E-state index is 0.0133. The highest BCUT2D eigenvalue weighted by molar-refractivity contribution is 6.30. The molecule has 1 heterocycles. The number of carbonyl (C=O) groups is 1. The van der Waals surface area contributed by atoms with Crippen LogP contribution in [0.5, 0.6) is 23.0 Å². The third-order valence-corrected chi connectivity index (χ3v) is 7.03. The van der Waals surface area contributed by atoms with E-state index in [4.69, 9.17) is 36.3 Å². The standard InChI is InChI=1S/C34H29ClN2O5/c1-2-3-17-39-30-10-5-4-9-28(30)34(38)41-26-15-16-27-31(19-26)42-33(37)29(20-36)32(27)23-7-6-8-25(18-23)40-21-22-11-13-24(35)14-12-22/h4-16,18-19,32H,2-3,17,21,37H2,1H3. The molecule has 0 fully saturated rings. The summed E-state index contributed by atoms with van der Waals surface area (Å²) in [4.78, 5) is 13.1. The lowest BCUT2D eigenvalue weighted by molar-refractivity contribution is 0.0730. The van der Waals surface area contributed by atoms with Crippen molar-refractivity contribution in [2.45, 2.75) is 32.3 Å². The molecule has 5 rings (SSSR count). The minimum atomic E-state index is -0.554. The lowest BCUT2D eigenvalue weighted by Crippen LogP contribution is -2.21. The van der Waals surface area contributed by atoms with Gasteiger partial charge in [0.25, 0.3) is 0 Å². The second-order valence-electron chi connectivity index (χ2n) is 9.70. The number of nitrogens with zero attached hydrogens (tertiary/aromatic N) is 1. The number of allylic oxidation sites excluding steroid dienone is 1. The first-order valence-corrected chi connectivity index (χ1v) is 14.0. The molecule has 7 nitrogen and oxygen atoms in total. The van der Waals surface area contributed by atoms with E-state index in [0.29, 0.717) is 46.6 Å². The predicted octanol–water partition coefficient (Wildman–Crippen LogP) is 7.54. The molecule has 2 N–H and O–H groups in total. The van der Waals surface area contributed by atoms with Crippen LogP contribution in [0.25, 0.3) is 0 Å². The SMILES string of the molecule is CCCCOc1ccccc1C(=O)Oc1ccc2c(c1)OC(N)=C(C#N)C2c1cccc(OCc2ccc(Cl)cc2)c1. The minimum Gasteiger partial charge on any atom is -0.493 e. The van der Waals surface area contributed by atoms with E-state index in [1.165, 1.54) is 0 Å². The van der Waals surface area contributed by atoms with Crippen molar-refractivity contribution < 1.29 is 23.7 Å². The first kappa shape index (κ1) is 28.6. The van der Waals surface area contributed by atoms with Gasteiger partial charge in [0.05, 0.1) is 12.5 Å². The van der Waals surface area contributed by atoms with Crippen molar-refractivity contribution in [1.82, 2.24) is 0 Å². The number of para-hydroxylation sites is 1. The van der Waals surface area contributed by atoms with Crippen LogP contribution in [-0.2, 0) is 6.61 Å². The number of rotatable bonds is 10. The van der Waals surface area contributed by atoms with Gasteiger partial charge in [-0.1, -0.05) is 67.4 Å². The molecule has 0 saturated heterocycles. The van der Waals surface area contributed by atoms with Crippen molar-refractivity contribution in [2.24, 2.45) is 5.73 Å². The number of hydrogen-bond acceptors (Lipinski definition) is 7. The summed E-state index contributed by atoms with van der Waals surface area (Å²) in [7, 11) is 0. The molecular weight excluding hydrogens is 552 g/mol. The Kier molecular flexibility index (Phi) is 8.96. The molecule has 0 aliphatic carbocycles. The van der Waals surface area contributed by atoms with Gasteiger partial charge >= 0.3 is 5.97 Å². The van der Waals surface area contributed by atoms with Gasteiger partial charge in [0.2, 0.25) is 5.88 Å². The van der Waals surface area contributed by atoms with Crippen LogP contribution in [0.1, 0.15) is 52.7 Å². The molecule has 0 radical (unpaired) electrons. The molecule has 8 heteroatoms. The largest absolute Gasteiger partial charge is 0.493 e. The van der Waals surface area contributed by atoms with Gasteiger partial charge in [0.1, 0.15) is 46.8 Å². The number of ether oxygens (including phenoxy) is 4. The first-order chi connectivity index (χ1) is 20.5. The topological polar surface area (TPSA) is 104 Å². The fourth-order valence-corrected chi connectivity index (χ4v) is 4.75. The van der Waals surface area contributed by atoms with Crippen LogP contribution < -0.4 is 24.7 Å². The van der Waals surface area contributed by atoms with Gasteiger partial charge < -0.3 is 24.7 Å². The Labute approximate surface area is 249 Å². The van der Waals surface area contributed by atoms with E-state index >= 15 is 0 Å². The quantitative estimate of drug-likeness (QED) is 0.117. The molecule has 1 aliphatic heterocycles. The number of nitriles is 1. The molecule has 4 aromatic rings. The maximum Gasteiger partial charge on any atom is 0.347 e. The number of carbonyl (C=O) groups excluding carboxylic acids is 1. The highest BCUT2D eigenvalue weighted by Crippen LogP contribution is 2.44. The molecule has 0 amide bonds. The highest BCUT2D eigenvalue weighted by atomic mass is 35.5. The van der Waals surface area contributed by atoms with Crippen molar-refractivity contribution in [2.75, 3.05) is 6.61 Å². The number of esters is 1. The van der Waals surface area contributed by atoms with Crippen LogP contribution in [0.2, 0.25) is 5.02 Å². The zero-order chi connectivity index (χ0) is 29.5. The fourth-order valence-electron chi connectivity index (χ4n) is 4.62. The smallest absolute Gasteiger partial charge is 0.347 e. The van der Waals surface area contributed by atoms with E-state index < -0.39 is 11.9 Å². The molecule has 0 saturated carbocycles. The third kappa shape index (κ3) is 6.51. The number of halogens is 1. The maximum absolute atomic E-state index is 13.1. The van der Waals surface area contributed by atoms with Crippen molar-refractivity contribution in [3.63, 3.8) is 0 Å². The van der Waals surface area contributed by atoms with Gasteiger partial charge in [-0.2, -0.15) is 5.26 Å². The number of benzene rings is 4. The molecule has 1 unspecified atom stereocenters. The normalized spacial score (nSPS) is 13.9. The predicted molar refractivity (Wildman–Crippen MR) is 160 cm³/mol. The number of unbranched alkanes of at least 4 members (excludes halogenated alkanes) is 1. The van der Waals surface area contributed by atoms with Gasteiger partial charge in [0, 0.05) is 16.7 Å². The van der Waals surface area contributed by atoms with Gasteiger partial charge in [0.15, 0.2) is 0 Å². The molecular formula is C34H29ClN2O5. The van der Waals surface area contributed by atoms with E-state index in [2.05, 4.69) is 13.0 Å². The lowest BCUT2D eigenvalue weighted by atomic mass is 9.83. The Bertz CT molecular complexity index is 1660. The zero-order valence-corrected chi connectivity index (χ0v) is 23.8. The second-order valence-corrected chi connectivity index (χ2v) is 10.1. The van der Waals surface area contributed by atoms with E-state index in [9.17, 15) is 10.1 Å². The Hall–Kier alpha value is -4.93. The van der Waals surface area contributed by atoms with Crippen molar-refractivity contribution in [3.8, 4) is 29.1 Å². The molecule has 1 aliphatic rings. The average Bonchev–Trinajstić information content (AvgIpc) is 3.00. The van der Waals surface area contributed by atoms with Gasteiger partial charge in [-0.15, -0.1) is 0 Å². The van der Waals surface area contributed by atoms with E-state index in [1.54, 1.807) is 36.4 Å². The van der Waals surface area contributed by atoms with Crippen LogP contribution >= 0.6 is 11.6 Å². The van der Waals surface area contributed by atoms with Crippen LogP contribution in [0.4, 0.5) is 0 Å². The third-order valence-electron chi connectivity index (χ3n) is 6.77. The van der Waals surface area contributed by atoms with Gasteiger partial charge in [-0.05, 0) is 60.0 Å². The number of hydrogen-bond donors (Lipinski definition) is 1. The Morgan fingerprint density at radius 3 is 2.57 bits per heavy atom. The Balaban J connectivity index is 1.38. The summed E-state index contributed by atoms with van der Waals surface area (Å²) in [5.74, 6) is 0.693. The summed E-state index contributed by atoms with van der Waals surface area (Å²) in [6, 6.07) is 29.2. The molecule has 4 aromatic carbocycles. The Morgan fingerprint density at radius 2 is 1.79 bits per heavy atom. The Morgan fingerprint density at radius 1 is 0.976 bits per heavy atom. The molecule has 0 bridgehead atoms. The molecule has 212 valence electrons. The maximum atomic E-state index is 13.1. The van der Waals surface area contributed by atoms with Gasteiger partial charge in [-0.25, -0.2) is 4.79 Å². The van der Waals surface area contributed by atoms with Crippen molar-refractivity contribution in [1.29, 1.82) is 5.26 Å². The molecule has 0 spiro atoms. The van der Waals surface area contributed by atoms with Crippen molar-refractivity contribution in [3.05, 3.63) is 130 Å². The summed E-state index contributed by atoms with van der Waals surface area (Å²) in [5, 5.41) is 10.6. The summed E-state index contributed by atoms with van der Waals surface area (Å²) in [6.45, 7) is 2.94. The lowest BCUT2D eigenvalue weighted by Gasteiger charge is -2.27. The summed E-state index contributed by atoms with van der Waals surface area (Å²) < 4.78 is 23.3. The van der Waals surface area contributed by atoms with E-state index in [1.807, 2.05) is 54.6 Å². The monoisotopic (exact) mass is 580 g/mol. The first-order valence-electron chi connectivity index (χ1n) is 13.6. The highest BCUT2D eigenvalue weighted by Gasteiger charge is 2.31. The number of nitrogens with two attached hydrogens (primary N) is 1. The van der Waals surface area contributed by atoms with Crippen LogP contribution in [0.3, 0.4) is 0 Å². The summed E-state index contributed by atoms with van der Waals surface area (Å²) in [6.07, 6.45) is 1.86. The molecule has 1 atom stereocenters. The van der Waals surface area contributed by atoms with Crippen LogP contribution in [0.15, 0.2) is 102 Å². The number of fused-ring (bicyclic) bond motifs is 1. The zero-order valence-electron chi connectivity index (χ0n) is 23.0. The van der Waals surface area contributed by atoms with Crippen molar-refractivity contribution >= 4 is 17.6 Å². The molecule has 0 aromatic heterocycles. The van der Waals surface area contributed by atoms with E-state index in [-0.39, 0.29) is 17.2 Å². The van der Waals surface area contributed by atoms with Crippen LogP contribution in [-0.4, -0.2) is 12.6 Å².